The molecule has 2 fully saturated rings. The zero-order valence-corrected chi connectivity index (χ0v) is 25.2. The van der Waals surface area contributed by atoms with Gasteiger partial charge in [-0.2, -0.15) is 0 Å². The van der Waals surface area contributed by atoms with Crippen molar-refractivity contribution >= 4 is 52.2 Å². The summed E-state index contributed by atoms with van der Waals surface area (Å²) >= 11 is 5.00. The summed E-state index contributed by atoms with van der Waals surface area (Å²) in [5, 5.41) is 5.86. The highest BCUT2D eigenvalue weighted by molar-refractivity contribution is 7.80. The average Bonchev–Trinajstić information content (AvgIpc) is 3.32. The van der Waals surface area contributed by atoms with Crippen molar-refractivity contribution in [1.82, 2.24) is 15.1 Å². The van der Waals surface area contributed by atoms with Crippen LogP contribution in [0.1, 0.15) is 25.3 Å². The normalized spacial score (nSPS) is 16.9. The van der Waals surface area contributed by atoms with Crippen molar-refractivity contribution in [3.8, 4) is 0 Å². The molecule has 0 unspecified atom stereocenters. The van der Waals surface area contributed by atoms with Crippen molar-refractivity contribution in [3.05, 3.63) is 53.8 Å². The van der Waals surface area contributed by atoms with Gasteiger partial charge in [0.1, 0.15) is 11.9 Å². The first kappa shape index (κ1) is 31.2. The number of anilines is 3. The van der Waals surface area contributed by atoms with E-state index < -0.39 is 11.9 Å². The van der Waals surface area contributed by atoms with Crippen LogP contribution in [0.3, 0.4) is 0 Å². The molecule has 0 aromatic heterocycles. The number of hydrogen-bond acceptors (Lipinski definition) is 7. The third-order valence-electron chi connectivity index (χ3n) is 7.22. The minimum Gasteiger partial charge on any atom is -0.442 e. The lowest BCUT2D eigenvalue weighted by molar-refractivity contribution is -0.131. The standard InChI is InChI=1S/C30H39FN6O4S/c1-21(42)32-18-25-19-37(30(40)41-25)24-11-12-27(26(31)17-24)35-13-15-36(16-14-35)29(39)6-4-5-22-7-9-23(10-8-22)33-28(38)20-34(2)3/h7-12,17,25H,4-6,13-16,18-20H2,1-3H3,(H,32,42)(H,33,38)/t25-/m0/s1. The van der Waals surface area contributed by atoms with Crippen LogP contribution < -0.4 is 20.4 Å². The van der Waals surface area contributed by atoms with Gasteiger partial charge in [-0.05, 0) is 69.8 Å². The second-order valence-corrected chi connectivity index (χ2v) is 11.5. The van der Waals surface area contributed by atoms with Gasteiger partial charge in [-0.1, -0.05) is 24.4 Å². The average molecular weight is 599 g/mol. The molecule has 4 rings (SSSR count). The van der Waals surface area contributed by atoms with E-state index in [2.05, 4.69) is 10.6 Å². The van der Waals surface area contributed by atoms with Crippen LogP contribution in [0.2, 0.25) is 0 Å². The zero-order valence-electron chi connectivity index (χ0n) is 24.4. The van der Waals surface area contributed by atoms with E-state index in [9.17, 15) is 14.4 Å². The number of carbonyl (C=O) groups is 3. The highest BCUT2D eigenvalue weighted by Gasteiger charge is 2.33. The van der Waals surface area contributed by atoms with E-state index in [0.717, 1.165) is 24.1 Å². The van der Waals surface area contributed by atoms with Crippen molar-refractivity contribution in [2.45, 2.75) is 32.3 Å². The fourth-order valence-electron chi connectivity index (χ4n) is 5.06. The molecule has 2 aliphatic heterocycles. The van der Waals surface area contributed by atoms with Crippen LogP contribution in [-0.4, -0.2) is 98.7 Å². The number of thiocarbonyl (C=S) groups is 1. The number of halogens is 1. The van der Waals surface area contributed by atoms with Crippen molar-refractivity contribution in [1.29, 1.82) is 0 Å². The number of amides is 3. The first-order valence-corrected chi connectivity index (χ1v) is 14.6. The number of nitrogens with zero attached hydrogens (tertiary/aromatic N) is 4. The topological polar surface area (TPSA) is 97.5 Å². The van der Waals surface area contributed by atoms with Gasteiger partial charge in [0.05, 0.1) is 36.0 Å². The second-order valence-electron chi connectivity index (χ2n) is 10.9. The summed E-state index contributed by atoms with van der Waals surface area (Å²) in [6.45, 7) is 4.90. The molecule has 3 amide bonds. The molecule has 10 nitrogen and oxygen atoms in total. The molecule has 0 spiro atoms. The van der Waals surface area contributed by atoms with Crippen LogP contribution in [-0.2, 0) is 20.7 Å². The summed E-state index contributed by atoms with van der Waals surface area (Å²) in [5.74, 6) is -0.384. The van der Waals surface area contributed by atoms with Crippen LogP contribution in [0.25, 0.3) is 0 Å². The molecular weight excluding hydrogens is 559 g/mol. The van der Waals surface area contributed by atoms with Gasteiger partial charge in [-0.15, -0.1) is 0 Å². The third-order valence-corrected chi connectivity index (χ3v) is 7.37. The monoisotopic (exact) mass is 598 g/mol. The zero-order chi connectivity index (χ0) is 30.2. The van der Waals surface area contributed by atoms with Crippen LogP contribution in [0.5, 0.6) is 0 Å². The Morgan fingerprint density at radius 2 is 1.81 bits per heavy atom. The van der Waals surface area contributed by atoms with Crippen LogP contribution in [0.4, 0.5) is 26.2 Å². The number of nitrogens with one attached hydrogen (secondary N) is 2. The number of piperazine rings is 1. The highest BCUT2D eigenvalue weighted by atomic mass is 32.1. The van der Waals surface area contributed by atoms with E-state index in [-0.39, 0.29) is 17.9 Å². The number of cyclic esters (lactones) is 1. The molecule has 226 valence electrons. The molecule has 42 heavy (non-hydrogen) atoms. The number of ether oxygens (including phenoxy) is 1. The molecule has 2 aromatic carbocycles. The summed E-state index contributed by atoms with van der Waals surface area (Å²) in [7, 11) is 3.69. The van der Waals surface area contributed by atoms with E-state index in [0.29, 0.717) is 68.6 Å². The molecule has 2 heterocycles. The van der Waals surface area contributed by atoms with Gasteiger partial charge in [0.15, 0.2) is 0 Å². The van der Waals surface area contributed by atoms with Crippen LogP contribution in [0, 0.1) is 5.82 Å². The Bertz CT molecular complexity index is 1280. The van der Waals surface area contributed by atoms with Crippen LogP contribution >= 0.6 is 12.2 Å². The first-order valence-electron chi connectivity index (χ1n) is 14.2. The van der Waals surface area contributed by atoms with Gasteiger partial charge in [-0.25, -0.2) is 9.18 Å². The molecule has 2 N–H and O–H groups in total. The molecule has 12 heteroatoms. The molecule has 0 bridgehead atoms. The van der Waals surface area contributed by atoms with E-state index in [1.807, 2.05) is 53.1 Å². The minimum atomic E-state index is -0.510. The number of rotatable bonds is 11. The van der Waals surface area contributed by atoms with Gasteiger partial charge in [0.2, 0.25) is 11.8 Å². The maximum atomic E-state index is 15.1. The summed E-state index contributed by atoms with van der Waals surface area (Å²) in [5.41, 5.74) is 2.76. The Morgan fingerprint density at radius 1 is 1.10 bits per heavy atom. The van der Waals surface area contributed by atoms with E-state index >= 15 is 4.39 Å². The van der Waals surface area contributed by atoms with Crippen molar-refractivity contribution < 1.29 is 23.5 Å². The Balaban J connectivity index is 1.20. The Labute approximate surface area is 251 Å². The molecule has 2 saturated heterocycles. The first-order chi connectivity index (χ1) is 20.1. The molecule has 0 saturated carbocycles. The molecule has 1 atom stereocenters. The number of benzene rings is 2. The lowest BCUT2D eigenvalue weighted by Gasteiger charge is -2.36. The number of hydrogen-bond donors (Lipinski definition) is 2. The maximum Gasteiger partial charge on any atom is 0.414 e. The number of aryl methyl sites for hydroxylation is 1. The number of carbonyl (C=O) groups excluding carboxylic acids is 3. The van der Waals surface area contributed by atoms with E-state index in [1.165, 1.54) is 11.0 Å². The maximum absolute atomic E-state index is 15.1. The second kappa shape index (κ2) is 14.4. The van der Waals surface area contributed by atoms with E-state index in [1.54, 1.807) is 19.1 Å². The number of likely N-dealkylation sites (N-methyl/N-ethyl adjacent to an activating group) is 1. The fraction of sp³-hybridized carbons (Fsp3) is 0.467. The summed E-state index contributed by atoms with van der Waals surface area (Å²) in [6.07, 6.45) is 1.06. The molecule has 2 aromatic rings. The van der Waals surface area contributed by atoms with Gasteiger partial charge >= 0.3 is 6.09 Å². The quantitative estimate of drug-likeness (QED) is 0.381. The largest absolute Gasteiger partial charge is 0.442 e. The predicted molar refractivity (Wildman–Crippen MR) is 166 cm³/mol. The highest BCUT2D eigenvalue weighted by Crippen LogP contribution is 2.28. The Hall–Kier alpha value is -3.77. The van der Waals surface area contributed by atoms with Gasteiger partial charge in [0.25, 0.3) is 0 Å². The van der Waals surface area contributed by atoms with Crippen molar-refractivity contribution in [3.63, 3.8) is 0 Å². The van der Waals surface area contributed by atoms with E-state index in [4.69, 9.17) is 17.0 Å². The predicted octanol–water partition coefficient (Wildman–Crippen LogP) is 3.26. The lowest BCUT2D eigenvalue weighted by atomic mass is 10.1. The SMILES string of the molecule is CC(=S)NC[C@H]1CN(c2ccc(N3CCN(C(=O)CCCc4ccc(NC(=O)CN(C)C)cc4)CC3)c(F)c2)C(=O)O1. The van der Waals surface area contributed by atoms with Crippen LogP contribution in [0.15, 0.2) is 42.5 Å². The fourth-order valence-corrected chi connectivity index (χ4v) is 5.14. The van der Waals surface area contributed by atoms with Gasteiger partial charge in [-0.3, -0.25) is 14.5 Å². The summed E-state index contributed by atoms with van der Waals surface area (Å²) in [4.78, 5) is 44.7. The van der Waals surface area contributed by atoms with Gasteiger partial charge < -0.3 is 30.1 Å². The lowest BCUT2D eigenvalue weighted by Crippen LogP contribution is -2.49. The smallest absolute Gasteiger partial charge is 0.414 e. The Kier molecular flexibility index (Phi) is 10.7. The van der Waals surface area contributed by atoms with Crippen molar-refractivity contribution in [2.75, 3.05) is 75.0 Å². The molecule has 2 aliphatic rings. The van der Waals surface area contributed by atoms with Crippen molar-refractivity contribution in [2.24, 2.45) is 0 Å². The van der Waals surface area contributed by atoms with Gasteiger partial charge in [0, 0.05) is 38.3 Å². The molecule has 0 radical (unpaired) electrons. The Morgan fingerprint density at radius 3 is 2.45 bits per heavy atom. The molecular formula is C30H39FN6O4S. The molecule has 0 aliphatic carbocycles. The third kappa shape index (κ3) is 8.62. The minimum absolute atomic E-state index is 0.0630. The summed E-state index contributed by atoms with van der Waals surface area (Å²) < 4.78 is 20.5. The summed E-state index contributed by atoms with van der Waals surface area (Å²) in [6, 6.07) is 12.5.